The van der Waals surface area contributed by atoms with Crippen LogP contribution in [0.2, 0.25) is 0 Å². The first-order chi connectivity index (χ1) is 15.0. The fourth-order valence-electron chi connectivity index (χ4n) is 3.67. The van der Waals surface area contributed by atoms with E-state index in [0.29, 0.717) is 30.3 Å². The summed E-state index contributed by atoms with van der Waals surface area (Å²) in [5.74, 6) is 1.40. The molecule has 1 unspecified atom stereocenters. The predicted molar refractivity (Wildman–Crippen MR) is 124 cm³/mol. The number of aromatic amines is 1. The lowest BCUT2D eigenvalue weighted by Crippen LogP contribution is -2.33. The van der Waals surface area contributed by atoms with Gasteiger partial charge in [-0.1, -0.05) is 49.4 Å². The van der Waals surface area contributed by atoms with Crippen LogP contribution in [0.4, 0.5) is 0 Å². The molecule has 0 aliphatic carbocycles. The van der Waals surface area contributed by atoms with Crippen molar-refractivity contribution in [1.29, 1.82) is 0 Å². The lowest BCUT2D eigenvalue weighted by atomic mass is 10.1. The van der Waals surface area contributed by atoms with E-state index in [2.05, 4.69) is 33.7 Å². The van der Waals surface area contributed by atoms with Crippen molar-refractivity contribution < 1.29 is 0 Å². The van der Waals surface area contributed by atoms with Gasteiger partial charge in [0.05, 0.1) is 23.1 Å². The van der Waals surface area contributed by atoms with E-state index in [0.717, 1.165) is 34.7 Å². The molecule has 4 rings (SSSR count). The molecule has 6 heteroatoms. The van der Waals surface area contributed by atoms with Crippen LogP contribution in [0.25, 0.3) is 22.3 Å². The van der Waals surface area contributed by atoms with Crippen molar-refractivity contribution in [2.24, 2.45) is 0 Å². The summed E-state index contributed by atoms with van der Waals surface area (Å²) in [5.41, 5.74) is 3.51. The number of rotatable bonds is 7. The molecule has 2 aromatic carbocycles. The maximum Gasteiger partial charge on any atom is 0.258 e. The molecule has 0 saturated carbocycles. The summed E-state index contributed by atoms with van der Waals surface area (Å²) in [5, 5.41) is 0.611. The molecule has 2 heterocycles. The van der Waals surface area contributed by atoms with Gasteiger partial charge in [-0.15, -0.1) is 0 Å². The van der Waals surface area contributed by atoms with Gasteiger partial charge in [-0.05, 0) is 38.5 Å². The molecule has 0 bridgehead atoms. The minimum Gasteiger partial charge on any atom is -0.309 e. The zero-order chi connectivity index (χ0) is 21.8. The molecule has 2 aromatic heterocycles. The van der Waals surface area contributed by atoms with Crippen LogP contribution in [0.1, 0.15) is 37.5 Å². The number of aromatic nitrogens is 4. The topological polar surface area (TPSA) is 74.8 Å². The average molecular weight is 414 g/mol. The molecule has 0 fully saturated rings. The maximum absolute atomic E-state index is 12.5. The van der Waals surface area contributed by atoms with Crippen LogP contribution in [0, 0.1) is 6.92 Å². The maximum atomic E-state index is 12.5. The van der Waals surface area contributed by atoms with Crippen molar-refractivity contribution in [3.63, 3.8) is 0 Å². The summed E-state index contributed by atoms with van der Waals surface area (Å²) < 4.78 is 0. The molecule has 31 heavy (non-hydrogen) atoms. The summed E-state index contributed by atoms with van der Waals surface area (Å²) in [6, 6.07) is 19.8. The van der Waals surface area contributed by atoms with Crippen molar-refractivity contribution in [2.75, 3.05) is 0 Å². The van der Waals surface area contributed by atoms with Crippen molar-refractivity contribution >= 4 is 10.9 Å². The van der Waals surface area contributed by atoms with E-state index in [1.54, 1.807) is 6.07 Å². The quantitative estimate of drug-likeness (QED) is 0.483. The zero-order valence-electron chi connectivity index (χ0n) is 18.2. The minimum absolute atomic E-state index is 0.103. The predicted octanol–water partition coefficient (Wildman–Crippen LogP) is 4.49. The van der Waals surface area contributed by atoms with Gasteiger partial charge in [0.25, 0.3) is 5.56 Å². The number of H-pyrrole nitrogens is 1. The smallest absolute Gasteiger partial charge is 0.258 e. The van der Waals surface area contributed by atoms with Crippen LogP contribution in [-0.2, 0) is 13.1 Å². The molecule has 0 spiro atoms. The van der Waals surface area contributed by atoms with Gasteiger partial charge in [0.1, 0.15) is 5.82 Å². The number of nitrogens with zero attached hydrogens (tertiary/aromatic N) is 4. The number of nitrogens with one attached hydrogen (secondary N) is 1. The number of aryl methyl sites for hydroxylation is 1. The SMILES string of the molecule is CCC(C)N(Cc1cc(C)nc(-c2ccccc2)n1)Cc1nc2ccccc2c(=O)[nH]1. The van der Waals surface area contributed by atoms with Gasteiger partial charge in [-0.2, -0.15) is 0 Å². The van der Waals surface area contributed by atoms with Crippen LogP contribution < -0.4 is 5.56 Å². The second kappa shape index (κ2) is 9.18. The highest BCUT2D eigenvalue weighted by atomic mass is 16.1. The van der Waals surface area contributed by atoms with Gasteiger partial charge in [0.2, 0.25) is 0 Å². The van der Waals surface area contributed by atoms with Gasteiger partial charge in [-0.3, -0.25) is 9.69 Å². The van der Waals surface area contributed by atoms with Gasteiger partial charge in [0.15, 0.2) is 5.82 Å². The standard InChI is InChI=1S/C25H27N5O/c1-4-18(3)30(16-23-28-22-13-9-8-12-21(22)25(31)29-23)15-20-14-17(2)26-24(27-20)19-10-6-5-7-11-19/h5-14,18H,4,15-16H2,1-3H3,(H,28,29,31). The van der Waals surface area contributed by atoms with Crippen LogP contribution in [0.15, 0.2) is 65.5 Å². The van der Waals surface area contributed by atoms with E-state index >= 15 is 0 Å². The van der Waals surface area contributed by atoms with E-state index in [4.69, 9.17) is 4.98 Å². The van der Waals surface area contributed by atoms with Crippen LogP contribution in [0.3, 0.4) is 0 Å². The lowest BCUT2D eigenvalue weighted by molar-refractivity contribution is 0.179. The second-order valence-corrected chi connectivity index (χ2v) is 7.88. The van der Waals surface area contributed by atoms with Crippen molar-refractivity contribution in [3.8, 4) is 11.4 Å². The minimum atomic E-state index is -0.103. The lowest BCUT2D eigenvalue weighted by Gasteiger charge is -2.27. The Morgan fingerprint density at radius 3 is 2.48 bits per heavy atom. The molecule has 0 amide bonds. The van der Waals surface area contributed by atoms with Gasteiger partial charge < -0.3 is 4.98 Å². The highest BCUT2D eigenvalue weighted by molar-refractivity contribution is 5.77. The molecule has 6 nitrogen and oxygen atoms in total. The van der Waals surface area contributed by atoms with Crippen molar-refractivity contribution in [1.82, 2.24) is 24.8 Å². The Hall–Kier alpha value is -3.38. The van der Waals surface area contributed by atoms with Crippen LogP contribution in [-0.4, -0.2) is 30.9 Å². The molecule has 0 aliphatic rings. The number of para-hydroxylation sites is 1. The fraction of sp³-hybridized carbons (Fsp3) is 0.280. The molecular formula is C25H27N5O. The third kappa shape index (κ3) is 4.86. The first-order valence-corrected chi connectivity index (χ1v) is 10.7. The van der Waals surface area contributed by atoms with Crippen LogP contribution in [0.5, 0.6) is 0 Å². The monoisotopic (exact) mass is 413 g/mol. The van der Waals surface area contributed by atoms with Gasteiger partial charge in [0, 0.05) is 23.8 Å². The fourth-order valence-corrected chi connectivity index (χ4v) is 3.67. The number of hydrogen-bond donors (Lipinski definition) is 1. The summed E-state index contributed by atoms with van der Waals surface area (Å²) in [6.45, 7) is 7.53. The third-order valence-electron chi connectivity index (χ3n) is 5.53. The van der Waals surface area contributed by atoms with Gasteiger partial charge in [-0.25, -0.2) is 15.0 Å². The number of hydrogen-bond acceptors (Lipinski definition) is 5. The number of benzene rings is 2. The molecule has 158 valence electrons. The third-order valence-corrected chi connectivity index (χ3v) is 5.53. The highest BCUT2D eigenvalue weighted by Gasteiger charge is 2.17. The molecule has 1 atom stereocenters. The van der Waals surface area contributed by atoms with E-state index in [9.17, 15) is 4.79 Å². The normalized spacial score (nSPS) is 12.4. The molecule has 1 N–H and O–H groups in total. The first kappa shape index (κ1) is 20.9. The Balaban J connectivity index is 1.64. The van der Waals surface area contributed by atoms with Crippen molar-refractivity contribution in [3.05, 3.63) is 88.2 Å². The van der Waals surface area contributed by atoms with E-state index in [1.807, 2.05) is 61.5 Å². The second-order valence-electron chi connectivity index (χ2n) is 7.88. The molecule has 4 aromatic rings. The van der Waals surface area contributed by atoms with Crippen molar-refractivity contribution in [2.45, 2.75) is 46.3 Å². The van der Waals surface area contributed by atoms with E-state index in [1.165, 1.54) is 0 Å². The number of fused-ring (bicyclic) bond motifs is 1. The largest absolute Gasteiger partial charge is 0.309 e. The zero-order valence-corrected chi connectivity index (χ0v) is 18.2. The van der Waals surface area contributed by atoms with E-state index in [-0.39, 0.29) is 5.56 Å². The first-order valence-electron chi connectivity index (χ1n) is 10.7. The molecule has 0 radical (unpaired) electrons. The average Bonchev–Trinajstić information content (AvgIpc) is 2.78. The van der Waals surface area contributed by atoms with Gasteiger partial charge >= 0.3 is 0 Å². The molecule has 0 aliphatic heterocycles. The van der Waals surface area contributed by atoms with Crippen LogP contribution >= 0.6 is 0 Å². The Kier molecular flexibility index (Phi) is 6.18. The van der Waals surface area contributed by atoms with E-state index < -0.39 is 0 Å². The Labute approximate surface area is 182 Å². The Morgan fingerprint density at radius 1 is 0.968 bits per heavy atom. The summed E-state index contributed by atoms with van der Waals surface area (Å²) in [7, 11) is 0. The Bertz CT molecular complexity index is 1240. The summed E-state index contributed by atoms with van der Waals surface area (Å²) >= 11 is 0. The molecule has 0 saturated heterocycles. The summed E-state index contributed by atoms with van der Waals surface area (Å²) in [4.78, 5) is 31.9. The Morgan fingerprint density at radius 2 is 1.71 bits per heavy atom. The molecular weight excluding hydrogens is 386 g/mol. The highest BCUT2D eigenvalue weighted by Crippen LogP contribution is 2.18. The summed E-state index contributed by atoms with van der Waals surface area (Å²) in [6.07, 6.45) is 0.980.